The molecular formula is C13H18NO2+. The molecule has 0 atom stereocenters. The molecule has 0 bridgehead atoms. The van der Waals surface area contributed by atoms with Crippen LogP contribution >= 0.6 is 0 Å². The molecule has 86 valence electrons. The first-order valence-electron chi connectivity index (χ1n) is 5.15. The van der Waals surface area contributed by atoms with Crippen LogP contribution in [0.3, 0.4) is 0 Å². The van der Waals surface area contributed by atoms with E-state index in [0.717, 1.165) is 5.69 Å². The average Bonchev–Trinajstić information content (AvgIpc) is 2.27. The number of ether oxygens (including phenoxy) is 1. The highest BCUT2D eigenvalue weighted by molar-refractivity contribution is 5.86. The molecule has 1 aromatic rings. The molecule has 3 nitrogen and oxygen atoms in total. The summed E-state index contributed by atoms with van der Waals surface area (Å²) in [5.74, 6) is -0.345. The number of hydrogen-bond acceptors (Lipinski definition) is 2. The lowest BCUT2D eigenvalue weighted by Gasteiger charge is -2.28. The Morgan fingerprint density at radius 3 is 2.38 bits per heavy atom. The lowest BCUT2D eigenvalue weighted by atomic mass is 10.3. The molecule has 0 amide bonds. The van der Waals surface area contributed by atoms with Crippen LogP contribution in [0.5, 0.6) is 0 Å². The standard InChI is InChI=1S/C13H18NO2/c1-11(2)13(15)16-10-14(3,4)12-8-6-5-7-9-12/h5-9H,1,10H2,2-4H3/q+1. The maximum atomic E-state index is 11.3. The number of nitrogens with zero attached hydrogens (tertiary/aromatic N) is 1. The summed E-state index contributed by atoms with van der Waals surface area (Å²) in [6.45, 7) is 5.49. The van der Waals surface area contributed by atoms with Gasteiger partial charge < -0.3 is 4.74 Å². The van der Waals surface area contributed by atoms with Crippen molar-refractivity contribution in [2.24, 2.45) is 0 Å². The molecule has 0 N–H and O–H groups in total. The van der Waals surface area contributed by atoms with Crippen molar-refractivity contribution >= 4 is 11.7 Å². The van der Waals surface area contributed by atoms with Crippen LogP contribution in [0.4, 0.5) is 5.69 Å². The number of benzene rings is 1. The monoisotopic (exact) mass is 220 g/mol. The van der Waals surface area contributed by atoms with Crippen LogP contribution in [0.2, 0.25) is 0 Å². The van der Waals surface area contributed by atoms with E-state index in [-0.39, 0.29) is 5.97 Å². The number of quaternary nitrogens is 1. The molecule has 0 radical (unpaired) electrons. The van der Waals surface area contributed by atoms with Crippen molar-refractivity contribution in [3.8, 4) is 0 Å². The Morgan fingerprint density at radius 2 is 1.88 bits per heavy atom. The molecular weight excluding hydrogens is 202 g/mol. The Kier molecular flexibility index (Phi) is 3.85. The normalized spacial score (nSPS) is 10.9. The van der Waals surface area contributed by atoms with Crippen molar-refractivity contribution in [1.82, 2.24) is 4.48 Å². The van der Waals surface area contributed by atoms with Crippen LogP contribution in [0, 0.1) is 0 Å². The summed E-state index contributed by atoms with van der Waals surface area (Å²) in [4.78, 5) is 11.3. The van der Waals surface area contributed by atoms with Gasteiger partial charge in [0.2, 0.25) is 6.73 Å². The van der Waals surface area contributed by atoms with Crippen LogP contribution < -0.4 is 4.48 Å². The summed E-state index contributed by atoms with van der Waals surface area (Å²) in [7, 11) is 3.97. The molecule has 0 saturated heterocycles. The minimum absolute atomic E-state index is 0.301. The third-order valence-electron chi connectivity index (χ3n) is 2.32. The van der Waals surface area contributed by atoms with E-state index in [9.17, 15) is 4.79 Å². The fraction of sp³-hybridized carbons (Fsp3) is 0.308. The van der Waals surface area contributed by atoms with Crippen molar-refractivity contribution in [3.05, 3.63) is 42.5 Å². The minimum atomic E-state index is -0.345. The van der Waals surface area contributed by atoms with Gasteiger partial charge in [-0.1, -0.05) is 24.8 Å². The second-order valence-corrected chi connectivity index (χ2v) is 4.36. The molecule has 3 heteroatoms. The van der Waals surface area contributed by atoms with Crippen LogP contribution in [-0.4, -0.2) is 26.8 Å². The van der Waals surface area contributed by atoms with E-state index in [1.165, 1.54) is 0 Å². The highest BCUT2D eigenvalue weighted by Gasteiger charge is 2.20. The van der Waals surface area contributed by atoms with E-state index >= 15 is 0 Å². The topological polar surface area (TPSA) is 26.3 Å². The van der Waals surface area contributed by atoms with Gasteiger partial charge in [-0.2, -0.15) is 0 Å². The number of esters is 1. The van der Waals surface area contributed by atoms with Gasteiger partial charge in [0.15, 0.2) is 0 Å². The molecule has 0 aliphatic rings. The first-order chi connectivity index (χ1) is 7.43. The van der Waals surface area contributed by atoms with Crippen molar-refractivity contribution in [2.75, 3.05) is 20.8 Å². The van der Waals surface area contributed by atoms with Crippen LogP contribution in [0.1, 0.15) is 6.92 Å². The van der Waals surface area contributed by atoms with Gasteiger partial charge in [0.05, 0.1) is 14.1 Å². The second-order valence-electron chi connectivity index (χ2n) is 4.36. The molecule has 0 heterocycles. The largest absolute Gasteiger partial charge is 0.411 e. The summed E-state index contributed by atoms with van der Waals surface area (Å²) in [5, 5.41) is 0. The Balaban J connectivity index is 2.66. The zero-order chi connectivity index (χ0) is 12.2. The zero-order valence-corrected chi connectivity index (χ0v) is 10.1. The van der Waals surface area contributed by atoms with Gasteiger partial charge in [0, 0.05) is 5.57 Å². The fourth-order valence-corrected chi connectivity index (χ4v) is 1.25. The maximum Gasteiger partial charge on any atom is 0.337 e. The lowest BCUT2D eigenvalue weighted by Crippen LogP contribution is -2.43. The van der Waals surface area contributed by atoms with E-state index in [4.69, 9.17) is 4.74 Å². The zero-order valence-electron chi connectivity index (χ0n) is 10.1. The molecule has 0 fully saturated rings. The highest BCUT2D eigenvalue weighted by atomic mass is 16.5. The van der Waals surface area contributed by atoms with Crippen molar-refractivity contribution in [3.63, 3.8) is 0 Å². The summed E-state index contributed by atoms with van der Waals surface area (Å²) >= 11 is 0. The van der Waals surface area contributed by atoms with Gasteiger partial charge in [0.1, 0.15) is 5.69 Å². The van der Waals surface area contributed by atoms with Gasteiger partial charge >= 0.3 is 5.97 Å². The van der Waals surface area contributed by atoms with E-state index in [2.05, 4.69) is 6.58 Å². The quantitative estimate of drug-likeness (QED) is 0.337. The van der Waals surface area contributed by atoms with Crippen LogP contribution in [0.15, 0.2) is 42.5 Å². The van der Waals surface area contributed by atoms with E-state index in [1.54, 1.807) is 6.92 Å². The molecule has 0 unspecified atom stereocenters. The van der Waals surface area contributed by atoms with Gasteiger partial charge in [-0.3, -0.25) is 4.48 Å². The van der Waals surface area contributed by atoms with E-state index < -0.39 is 0 Å². The molecule has 1 rings (SSSR count). The molecule has 16 heavy (non-hydrogen) atoms. The molecule has 1 aromatic carbocycles. The highest BCUT2D eigenvalue weighted by Crippen LogP contribution is 2.17. The molecule has 0 aliphatic heterocycles. The van der Waals surface area contributed by atoms with Gasteiger partial charge in [-0.25, -0.2) is 4.79 Å². The third-order valence-corrected chi connectivity index (χ3v) is 2.32. The molecule has 0 saturated carbocycles. The number of carbonyl (C=O) groups is 1. The van der Waals surface area contributed by atoms with Crippen molar-refractivity contribution in [2.45, 2.75) is 6.92 Å². The Hall–Kier alpha value is -1.61. The van der Waals surface area contributed by atoms with Gasteiger partial charge in [-0.15, -0.1) is 0 Å². The Bertz CT molecular complexity index is 382. The van der Waals surface area contributed by atoms with Gasteiger partial charge in [0.25, 0.3) is 0 Å². The van der Waals surface area contributed by atoms with E-state index in [1.807, 2.05) is 44.4 Å². The third kappa shape index (κ3) is 3.21. The molecule has 0 aromatic heterocycles. The summed E-state index contributed by atoms with van der Waals surface area (Å²) < 4.78 is 5.66. The predicted octanol–water partition coefficient (Wildman–Crippen LogP) is 2.33. The molecule has 0 spiro atoms. The number of carbonyl (C=O) groups excluding carboxylic acids is 1. The summed E-state index contributed by atoms with van der Waals surface area (Å²) in [6, 6.07) is 9.92. The number of para-hydroxylation sites is 1. The first-order valence-corrected chi connectivity index (χ1v) is 5.15. The SMILES string of the molecule is C=C(C)C(=O)OC[N+](C)(C)c1ccccc1. The first kappa shape index (κ1) is 12.5. The van der Waals surface area contributed by atoms with Crippen molar-refractivity contribution in [1.29, 1.82) is 0 Å². The number of rotatable bonds is 4. The van der Waals surface area contributed by atoms with E-state index in [0.29, 0.717) is 16.8 Å². The Labute approximate surface area is 96.5 Å². The lowest BCUT2D eigenvalue weighted by molar-refractivity contribution is -0.142. The minimum Gasteiger partial charge on any atom is -0.411 e. The van der Waals surface area contributed by atoms with Gasteiger partial charge in [-0.05, 0) is 19.1 Å². The average molecular weight is 220 g/mol. The van der Waals surface area contributed by atoms with Crippen LogP contribution in [-0.2, 0) is 9.53 Å². The summed E-state index contributed by atoms with van der Waals surface area (Å²) in [6.07, 6.45) is 0. The van der Waals surface area contributed by atoms with Crippen LogP contribution in [0.25, 0.3) is 0 Å². The smallest absolute Gasteiger partial charge is 0.337 e. The predicted molar refractivity (Wildman–Crippen MR) is 65.9 cm³/mol. The summed E-state index contributed by atoms with van der Waals surface area (Å²) in [5.41, 5.74) is 1.52. The second kappa shape index (κ2) is 4.94. The fourth-order valence-electron chi connectivity index (χ4n) is 1.25. The number of hydrogen-bond donors (Lipinski definition) is 0. The Morgan fingerprint density at radius 1 is 1.31 bits per heavy atom. The molecule has 0 aliphatic carbocycles. The maximum absolute atomic E-state index is 11.3. The van der Waals surface area contributed by atoms with Crippen molar-refractivity contribution < 1.29 is 9.53 Å².